The molecule has 2 aliphatic carbocycles. The number of hydrogen-bond acceptors (Lipinski definition) is 1. The molecule has 2 fully saturated rings. The third-order valence-electron chi connectivity index (χ3n) is 5.20. The van der Waals surface area contributed by atoms with Gasteiger partial charge in [0.25, 0.3) is 0 Å². The van der Waals surface area contributed by atoms with Crippen LogP contribution in [-0.4, -0.2) is 10.9 Å². The second-order valence-corrected chi connectivity index (χ2v) is 8.63. The third kappa shape index (κ3) is 2.41. The maximum atomic E-state index is 6.36. The van der Waals surface area contributed by atoms with E-state index < -0.39 is 0 Å². The van der Waals surface area contributed by atoms with Crippen molar-refractivity contribution in [2.45, 2.75) is 69.2 Å². The molecule has 3 rings (SSSR count). The van der Waals surface area contributed by atoms with Gasteiger partial charge in [0.05, 0.1) is 0 Å². The van der Waals surface area contributed by atoms with Gasteiger partial charge in [-0.15, -0.1) is 0 Å². The van der Waals surface area contributed by atoms with Gasteiger partial charge in [0.15, 0.2) is 0 Å². The Hall–Kier alpha value is -0.500. The highest BCUT2D eigenvalue weighted by atomic mass is 79.9. The van der Waals surface area contributed by atoms with Gasteiger partial charge >= 0.3 is 0 Å². The van der Waals surface area contributed by atoms with E-state index in [0.717, 1.165) is 12.2 Å². The molecule has 1 nitrogen and oxygen atoms in total. The Kier molecular flexibility index (Phi) is 3.64. The summed E-state index contributed by atoms with van der Waals surface area (Å²) in [6, 6.07) is 8.66. The molecular weight excluding hydrogens is 312 g/mol. The van der Waals surface area contributed by atoms with Crippen LogP contribution in [0.4, 0.5) is 0 Å². The van der Waals surface area contributed by atoms with Crippen molar-refractivity contribution in [2.75, 3.05) is 0 Å². The van der Waals surface area contributed by atoms with Crippen LogP contribution in [0.25, 0.3) is 0 Å². The van der Waals surface area contributed by atoms with Crippen molar-refractivity contribution >= 4 is 15.9 Å². The molecule has 0 saturated heterocycles. The van der Waals surface area contributed by atoms with Gasteiger partial charge < -0.3 is 4.74 Å². The minimum absolute atomic E-state index is 0.183. The fraction of sp³-hybridized carbons (Fsp3) is 0.667. The summed E-state index contributed by atoms with van der Waals surface area (Å²) >= 11 is 3.86. The fourth-order valence-corrected chi connectivity index (χ4v) is 4.82. The summed E-state index contributed by atoms with van der Waals surface area (Å²) in [5.41, 5.74) is 1.95. The van der Waals surface area contributed by atoms with Crippen LogP contribution in [-0.2, 0) is 5.41 Å². The normalized spacial score (nSPS) is 28.4. The standard InChI is InChI=1S/C18H25BrO/c1-17(2,3)13-7-6-8-14(11-13)20-16-12-15(19)18(16)9-4-5-10-18/h6-8,11,15-16H,4-5,9-10,12H2,1-3H3. The Morgan fingerprint density at radius 2 is 1.90 bits per heavy atom. The van der Waals surface area contributed by atoms with E-state index >= 15 is 0 Å². The molecule has 20 heavy (non-hydrogen) atoms. The first-order valence-corrected chi connectivity index (χ1v) is 8.75. The van der Waals surface area contributed by atoms with Crippen molar-refractivity contribution < 1.29 is 4.74 Å². The topological polar surface area (TPSA) is 9.23 Å². The lowest BCUT2D eigenvalue weighted by Crippen LogP contribution is -2.55. The van der Waals surface area contributed by atoms with Crippen molar-refractivity contribution in [3.63, 3.8) is 0 Å². The van der Waals surface area contributed by atoms with Crippen LogP contribution >= 0.6 is 15.9 Å². The van der Waals surface area contributed by atoms with Crippen molar-refractivity contribution in [3.8, 4) is 5.75 Å². The van der Waals surface area contributed by atoms with Crippen LogP contribution in [0.5, 0.6) is 5.75 Å². The van der Waals surface area contributed by atoms with Gasteiger partial charge in [0, 0.05) is 10.2 Å². The fourth-order valence-electron chi connectivity index (χ4n) is 3.73. The summed E-state index contributed by atoms with van der Waals surface area (Å²) in [6.45, 7) is 6.76. The van der Waals surface area contributed by atoms with E-state index in [9.17, 15) is 0 Å². The minimum atomic E-state index is 0.183. The minimum Gasteiger partial charge on any atom is -0.490 e. The van der Waals surface area contributed by atoms with Gasteiger partial charge in [-0.25, -0.2) is 0 Å². The molecule has 2 unspecified atom stereocenters. The van der Waals surface area contributed by atoms with Gasteiger partial charge in [-0.05, 0) is 42.4 Å². The Balaban J connectivity index is 1.76. The number of ether oxygens (including phenoxy) is 1. The van der Waals surface area contributed by atoms with Crippen LogP contribution in [0.2, 0.25) is 0 Å². The average molecular weight is 337 g/mol. The molecule has 0 amide bonds. The Morgan fingerprint density at radius 1 is 1.20 bits per heavy atom. The first-order chi connectivity index (χ1) is 9.42. The number of rotatable bonds is 2. The molecule has 2 saturated carbocycles. The lowest BCUT2D eigenvalue weighted by Gasteiger charge is -2.51. The zero-order chi connectivity index (χ0) is 14.4. The van der Waals surface area contributed by atoms with Crippen molar-refractivity contribution in [2.24, 2.45) is 5.41 Å². The van der Waals surface area contributed by atoms with Crippen molar-refractivity contribution in [1.82, 2.24) is 0 Å². The van der Waals surface area contributed by atoms with Gasteiger partial charge in [0.1, 0.15) is 11.9 Å². The molecule has 0 bridgehead atoms. The molecule has 2 heteroatoms. The van der Waals surface area contributed by atoms with Crippen molar-refractivity contribution in [1.29, 1.82) is 0 Å². The van der Waals surface area contributed by atoms with Gasteiger partial charge in [0.2, 0.25) is 0 Å². The summed E-state index contributed by atoms with van der Waals surface area (Å²) in [5, 5.41) is 0. The van der Waals surface area contributed by atoms with E-state index in [2.05, 4.69) is 61.0 Å². The Labute approximate surface area is 131 Å². The maximum Gasteiger partial charge on any atom is 0.120 e. The average Bonchev–Trinajstić information content (AvgIpc) is 2.90. The monoisotopic (exact) mass is 336 g/mol. The molecule has 2 aliphatic rings. The smallest absolute Gasteiger partial charge is 0.120 e. The SMILES string of the molecule is CC(C)(C)c1cccc(OC2CC(Br)C23CCCC3)c1. The second kappa shape index (κ2) is 5.05. The Morgan fingerprint density at radius 3 is 2.50 bits per heavy atom. The second-order valence-electron chi connectivity index (χ2n) is 7.53. The molecule has 0 aromatic heterocycles. The first-order valence-electron chi connectivity index (χ1n) is 7.83. The summed E-state index contributed by atoms with van der Waals surface area (Å²) in [6.07, 6.45) is 6.94. The summed E-state index contributed by atoms with van der Waals surface area (Å²) in [5.74, 6) is 1.05. The molecular formula is C18H25BrO. The van der Waals surface area contributed by atoms with Crippen LogP contribution in [0.3, 0.4) is 0 Å². The highest BCUT2D eigenvalue weighted by Gasteiger charge is 2.56. The molecule has 1 aromatic rings. The number of benzene rings is 1. The van der Waals surface area contributed by atoms with Crippen LogP contribution in [0.1, 0.15) is 58.4 Å². The summed E-state index contributed by atoms with van der Waals surface area (Å²) in [7, 11) is 0. The lowest BCUT2D eigenvalue weighted by atomic mass is 9.64. The molecule has 1 aromatic carbocycles. The summed E-state index contributed by atoms with van der Waals surface area (Å²) < 4.78 is 6.36. The number of alkyl halides is 1. The molecule has 110 valence electrons. The van der Waals surface area contributed by atoms with Crippen LogP contribution < -0.4 is 4.74 Å². The van der Waals surface area contributed by atoms with E-state index in [-0.39, 0.29) is 5.41 Å². The maximum absolute atomic E-state index is 6.36. The molecule has 2 atom stereocenters. The molecule has 0 aliphatic heterocycles. The zero-order valence-corrected chi connectivity index (χ0v) is 14.4. The van der Waals surface area contributed by atoms with Gasteiger partial charge in [-0.2, -0.15) is 0 Å². The Bertz CT molecular complexity index is 482. The highest BCUT2D eigenvalue weighted by molar-refractivity contribution is 9.09. The zero-order valence-electron chi connectivity index (χ0n) is 12.8. The van der Waals surface area contributed by atoms with Crippen LogP contribution in [0.15, 0.2) is 24.3 Å². The number of hydrogen-bond donors (Lipinski definition) is 0. The molecule has 0 radical (unpaired) electrons. The lowest BCUT2D eigenvalue weighted by molar-refractivity contribution is -0.0304. The predicted molar refractivity (Wildman–Crippen MR) is 87.8 cm³/mol. The third-order valence-corrected chi connectivity index (χ3v) is 6.48. The van der Waals surface area contributed by atoms with E-state index in [4.69, 9.17) is 4.74 Å². The van der Waals surface area contributed by atoms with E-state index in [1.165, 1.54) is 31.2 Å². The summed E-state index contributed by atoms with van der Waals surface area (Å²) in [4.78, 5) is 0.660. The first kappa shape index (κ1) is 14.4. The van der Waals surface area contributed by atoms with Gasteiger partial charge in [-0.3, -0.25) is 0 Å². The van der Waals surface area contributed by atoms with Crippen LogP contribution in [0, 0.1) is 5.41 Å². The van der Waals surface area contributed by atoms with E-state index in [1.807, 2.05) is 0 Å². The highest BCUT2D eigenvalue weighted by Crippen LogP contribution is 2.57. The van der Waals surface area contributed by atoms with E-state index in [1.54, 1.807) is 0 Å². The quantitative estimate of drug-likeness (QED) is 0.651. The van der Waals surface area contributed by atoms with Crippen molar-refractivity contribution in [3.05, 3.63) is 29.8 Å². The predicted octanol–water partition coefficient (Wildman–Crippen LogP) is 5.46. The van der Waals surface area contributed by atoms with E-state index in [0.29, 0.717) is 16.3 Å². The molecule has 1 spiro atoms. The van der Waals surface area contributed by atoms with Gasteiger partial charge in [-0.1, -0.05) is 61.7 Å². The molecule has 0 N–H and O–H groups in total. The number of halogens is 1. The molecule has 0 heterocycles. The largest absolute Gasteiger partial charge is 0.490 e.